The highest BCUT2D eigenvalue weighted by molar-refractivity contribution is 7.70. The summed E-state index contributed by atoms with van der Waals surface area (Å²) in [7, 11) is -9.53. The maximum Gasteiger partial charge on any atom is 0.340 e. The normalized spacial score (nSPS) is 32.9. The van der Waals surface area contributed by atoms with E-state index in [4.69, 9.17) is 30.6 Å². The zero-order valence-corrected chi connectivity index (χ0v) is 21.0. The Morgan fingerprint density at radius 2 is 1.91 bits per heavy atom. The summed E-state index contributed by atoms with van der Waals surface area (Å²) in [5.41, 5.74) is 1.44. The Labute approximate surface area is 204 Å². The second-order valence-electron chi connectivity index (χ2n) is 9.40. The molecule has 2 saturated heterocycles. The Morgan fingerprint density at radius 3 is 2.57 bits per heavy atom. The van der Waals surface area contributed by atoms with Crippen molar-refractivity contribution in [2.24, 2.45) is 11.8 Å². The van der Waals surface area contributed by atoms with Crippen LogP contribution in [0.4, 0.5) is 10.1 Å². The Kier molecular flexibility index (Phi) is 6.78. The fourth-order valence-corrected chi connectivity index (χ4v) is 8.11. The standard InChI is InChI=1S/C19H26ClFN4O8P2/c20-15-4-12(24-6-10-2-1-3-11(10)7-24)19-22-5-13(25(19)23-15)18-16(21)17(26)14(33-18)8-32-35(30,31)9-34(27,28)29/h4-5,10-11,14,16-18,26H,1-3,6-9H2,(H,30,31)(H2,27,28,29)/t10?,11?,14-,16+,17-,18?/m1/s1. The molecule has 1 aliphatic carbocycles. The van der Waals surface area contributed by atoms with Crippen LogP contribution in [0.25, 0.3) is 5.65 Å². The van der Waals surface area contributed by atoms with Crippen molar-refractivity contribution in [3.05, 3.63) is 23.1 Å². The van der Waals surface area contributed by atoms with E-state index in [-0.39, 0.29) is 10.8 Å². The van der Waals surface area contributed by atoms with E-state index in [9.17, 15) is 19.1 Å². The molecule has 194 valence electrons. The molecule has 0 aromatic carbocycles. The number of imidazole rings is 1. The van der Waals surface area contributed by atoms with Crippen molar-refractivity contribution in [2.45, 2.75) is 43.7 Å². The van der Waals surface area contributed by atoms with Gasteiger partial charge in [0.05, 0.1) is 24.2 Å². The number of aromatic nitrogens is 3. The molecule has 35 heavy (non-hydrogen) atoms. The quantitative estimate of drug-likeness (QED) is 0.370. The number of halogens is 2. The van der Waals surface area contributed by atoms with Crippen molar-refractivity contribution in [3.63, 3.8) is 0 Å². The molecule has 2 aliphatic heterocycles. The number of fused-ring (bicyclic) bond motifs is 2. The molecule has 3 aliphatic rings. The predicted molar refractivity (Wildman–Crippen MR) is 122 cm³/mol. The van der Waals surface area contributed by atoms with Gasteiger partial charge in [0.1, 0.15) is 18.3 Å². The molecule has 4 unspecified atom stereocenters. The fraction of sp³-hybridized carbons (Fsp3) is 0.684. The molecular weight excluding hydrogens is 529 g/mol. The molecule has 0 spiro atoms. The summed E-state index contributed by atoms with van der Waals surface area (Å²) in [6.45, 7) is 1.00. The van der Waals surface area contributed by atoms with Crippen LogP contribution >= 0.6 is 26.8 Å². The zero-order valence-electron chi connectivity index (χ0n) is 18.4. The van der Waals surface area contributed by atoms with Crippen LogP contribution in [0.1, 0.15) is 31.1 Å². The molecule has 3 fully saturated rings. The average molecular weight is 555 g/mol. The SMILES string of the molecule is O=P(O)(O)CP(=O)(O)OC[C@H]1OC(c2cnc3c(N4CC5CCCC5C4)cc(Cl)nn23)[C@@H](F)[C@@H]1O. The van der Waals surface area contributed by atoms with E-state index in [1.807, 2.05) is 0 Å². The lowest BCUT2D eigenvalue weighted by Crippen LogP contribution is -2.31. The summed E-state index contributed by atoms with van der Waals surface area (Å²) in [4.78, 5) is 34.1. The van der Waals surface area contributed by atoms with Crippen LogP contribution in [-0.4, -0.2) is 78.4 Å². The van der Waals surface area contributed by atoms with Crippen molar-refractivity contribution in [2.75, 3.05) is 30.5 Å². The molecule has 2 aromatic rings. The third kappa shape index (κ3) is 5.16. The fourth-order valence-electron chi connectivity index (χ4n) is 5.36. The Bertz CT molecular complexity index is 1200. The average Bonchev–Trinajstić information content (AvgIpc) is 3.49. The number of hydrogen-bond acceptors (Lipinski definition) is 8. The third-order valence-corrected chi connectivity index (χ3v) is 10.6. The molecule has 4 heterocycles. The van der Waals surface area contributed by atoms with E-state index in [2.05, 4.69) is 15.0 Å². The van der Waals surface area contributed by atoms with Crippen LogP contribution in [0.15, 0.2) is 12.3 Å². The minimum Gasteiger partial charge on any atom is -0.387 e. The van der Waals surface area contributed by atoms with Crippen LogP contribution in [0.2, 0.25) is 5.15 Å². The second kappa shape index (κ2) is 9.31. The molecule has 0 radical (unpaired) electrons. The molecule has 4 N–H and O–H groups in total. The summed E-state index contributed by atoms with van der Waals surface area (Å²) in [6.07, 6.45) is -1.37. The summed E-state index contributed by atoms with van der Waals surface area (Å²) in [5.74, 6) is -0.162. The van der Waals surface area contributed by atoms with Crippen molar-refractivity contribution < 1.29 is 42.6 Å². The molecule has 0 amide bonds. The smallest absolute Gasteiger partial charge is 0.340 e. The van der Waals surface area contributed by atoms with Gasteiger partial charge in [-0.2, -0.15) is 5.10 Å². The van der Waals surface area contributed by atoms with Gasteiger partial charge in [-0.15, -0.1) is 0 Å². The van der Waals surface area contributed by atoms with Gasteiger partial charge in [-0.05, 0) is 24.7 Å². The molecule has 16 heteroatoms. The first-order valence-corrected chi connectivity index (χ1v) is 15.1. The molecule has 2 aromatic heterocycles. The van der Waals surface area contributed by atoms with Gasteiger partial charge in [-0.3, -0.25) is 9.13 Å². The van der Waals surface area contributed by atoms with Gasteiger partial charge in [0, 0.05) is 19.2 Å². The van der Waals surface area contributed by atoms with Gasteiger partial charge >= 0.3 is 15.2 Å². The van der Waals surface area contributed by atoms with Crippen molar-refractivity contribution in [3.8, 4) is 0 Å². The number of nitrogens with zero attached hydrogens (tertiary/aromatic N) is 4. The van der Waals surface area contributed by atoms with Crippen LogP contribution in [0.5, 0.6) is 0 Å². The van der Waals surface area contributed by atoms with Crippen LogP contribution in [0, 0.1) is 11.8 Å². The van der Waals surface area contributed by atoms with E-state index in [1.54, 1.807) is 6.07 Å². The van der Waals surface area contributed by atoms with Gasteiger partial charge in [0.2, 0.25) is 0 Å². The Morgan fingerprint density at radius 1 is 1.23 bits per heavy atom. The van der Waals surface area contributed by atoms with Crippen molar-refractivity contribution in [1.82, 2.24) is 14.6 Å². The number of aliphatic hydroxyl groups is 1. The largest absolute Gasteiger partial charge is 0.387 e. The highest BCUT2D eigenvalue weighted by Crippen LogP contribution is 2.55. The lowest BCUT2D eigenvalue weighted by atomic mass is 10.0. The Hall–Kier alpha value is -1.14. The van der Waals surface area contributed by atoms with E-state index >= 15 is 4.39 Å². The number of rotatable bonds is 7. The van der Waals surface area contributed by atoms with Crippen molar-refractivity contribution in [1.29, 1.82) is 0 Å². The molecule has 0 bridgehead atoms. The summed E-state index contributed by atoms with van der Waals surface area (Å²) in [6, 6.07) is 1.72. The van der Waals surface area contributed by atoms with E-state index in [1.165, 1.54) is 30.0 Å². The highest BCUT2D eigenvalue weighted by atomic mass is 35.5. The first-order chi connectivity index (χ1) is 16.4. The van der Waals surface area contributed by atoms with E-state index in [0.29, 0.717) is 17.5 Å². The van der Waals surface area contributed by atoms with Gasteiger partial charge in [-0.1, -0.05) is 18.0 Å². The molecule has 5 rings (SSSR count). The Balaban J connectivity index is 1.36. The second-order valence-corrected chi connectivity index (χ2v) is 13.8. The number of anilines is 1. The van der Waals surface area contributed by atoms with Gasteiger partial charge in [0.15, 0.2) is 22.9 Å². The van der Waals surface area contributed by atoms with Crippen LogP contribution < -0.4 is 4.90 Å². The predicted octanol–water partition coefficient (Wildman–Crippen LogP) is 2.10. The molecule has 7 atom stereocenters. The topological polar surface area (TPSA) is 167 Å². The van der Waals surface area contributed by atoms with Crippen LogP contribution in [0.3, 0.4) is 0 Å². The monoisotopic (exact) mass is 554 g/mol. The number of aliphatic hydroxyl groups excluding tert-OH is 1. The molecule has 12 nitrogen and oxygen atoms in total. The number of alkyl halides is 1. The van der Waals surface area contributed by atoms with Gasteiger partial charge < -0.3 is 33.9 Å². The zero-order chi connectivity index (χ0) is 25.1. The van der Waals surface area contributed by atoms with Gasteiger partial charge in [-0.25, -0.2) is 13.9 Å². The highest BCUT2D eigenvalue weighted by Gasteiger charge is 2.47. The number of hydrogen-bond donors (Lipinski definition) is 4. The third-order valence-electron chi connectivity index (χ3n) is 6.92. The molecule has 1 saturated carbocycles. The van der Waals surface area contributed by atoms with Crippen LogP contribution in [-0.2, 0) is 18.4 Å². The summed E-state index contributed by atoms with van der Waals surface area (Å²) < 4.78 is 49.7. The summed E-state index contributed by atoms with van der Waals surface area (Å²) in [5, 5.41) is 14.7. The first kappa shape index (κ1) is 25.5. The molecular formula is C19H26ClFN4O8P2. The van der Waals surface area contributed by atoms with E-state index in [0.717, 1.165) is 18.8 Å². The summed E-state index contributed by atoms with van der Waals surface area (Å²) >= 11 is 6.29. The maximum absolute atomic E-state index is 15.1. The maximum atomic E-state index is 15.1. The lowest BCUT2D eigenvalue weighted by molar-refractivity contribution is -0.0199. The minimum atomic E-state index is -4.83. The minimum absolute atomic E-state index is 0.177. The van der Waals surface area contributed by atoms with Gasteiger partial charge in [0.25, 0.3) is 0 Å². The van der Waals surface area contributed by atoms with E-state index < -0.39 is 52.2 Å². The number of ether oxygens (including phenoxy) is 1. The lowest BCUT2D eigenvalue weighted by Gasteiger charge is -2.21. The first-order valence-electron chi connectivity index (χ1n) is 11.2. The van der Waals surface area contributed by atoms with Crippen molar-refractivity contribution >= 4 is 38.1 Å².